The lowest BCUT2D eigenvalue weighted by atomic mass is 9.73. The smallest absolute Gasteiger partial charge is 0.0121 e. The van der Waals surface area contributed by atoms with Crippen LogP contribution in [0.1, 0.15) is 91.9 Å². The quantitative estimate of drug-likeness (QED) is 0.654. The van der Waals surface area contributed by atoms with Gasteiger partial charge in [-0.25, -0.2) is 0 Å². The number of hydrogen-bond acceptors (Lipinski definition) is 1. The average Bonchev–Trinajstić information content (AvgIpc) is 2.59. The third-order valence-corrected chi connectivity index (χ3v) is 6.11. The van der Waals surface area contributed by atoms with Crippen molar-refractivity contribution in [2.75, 3.05) is 0 Å². The second-order valence-electron chi connectivity index (χ2n) is 8.59. The molecule has 1 heteroatoms. The number of rotatable bonds is 2. The summed E-state index contributed by atoms with van der Waals surface area (Å²) < 4.78 is 0. The monoisotopic (exact) mass is 279 g/mol. The average molecular weight is 280 g/mol. The van der Waals surface area contributed by atoms with Gasteiger partial charge in [-0.2, -0.15) is 0 Å². The summed E-state index contributed by atoms with van der Waals surface area (Å²) >= 11 is 0. The molecule has 0 aromatic rings. The molecule has 0 radical (unpaired) electrons. The molecule has 1 N–H and O–H groups in total. The fraction of sp³-hybridized carbons (Fsp3) is 1.00. The van der Waals surface area contributed by atoms with Crippen LogP contribution >= 0.6 is 0 Å². The summed E-state index contributed by atoms with van der Waals surface area (Å²) in [6, 6.07) is 1.54. The summed E-state index contributed by atoms with van der Waals surface area (Å²) in [6.45, 7) is 9.88. The third-order valence-electron chi connectivity index (χ3n) is 6.11. The van der Waals surface area contributed by atoms with E-state index in [4.69, 9.17) is 0 Å². The highest BCUT2D eigenvalue weighted by molar-refractivity contribution is 4.89. The van der Waals surface area contributed by atoms with E-state index in [0.29, 0.717) is 5.41 Å². The lowest BCUT2D eigenvalue weighted by Crippen LogP contribution is -2.47. The molecular weight excluding hydrogens is 242 g/mol. The molecule has 0 heterocycles. The Kier molecular flexibility index (Phi) is 5.95. The molecule has 2 aliphatic carbocycles. The standard InChI is InChI=1S/C19H37N/c1-15-7-5-9-17(12-11-15)20-18-10-6-8-16(2)13-14-19(18,3)4/h15-18,20H,5-14H2,1-4H3/t15?,16?,17?,18-/m0/s1. The van der Waals surface area contributed by atoms with Crippen molar-refractivity contribution in [3.63, 3.8) is 0 Å². The molecule has 0 spiro atoms. The largest absolute Gasteiger partial charge is 0.311 e. The summed E-state index contributed by atoms with van der Waals surface area (Å²) in [5, 5.41) is 4.09. The summed E-state index contributed by atoms with van der Waals surface area (Å²) in [4.78, 5) is 0. The molecule has 0 aliphatic heterocycles. The van der Waals surface area contributed by atoms with E-state index in [1.165, 1.54) is 64.2 Å². The van der Waals surface area contributed by atoms with Crippen LogP contribution in [0.4, 0.5) is 0 Å². The number of nitrogens with one attached hydrogen (secondary N) is 1. The van der Waals surface area contributed by atoms with Crippen LogP contribution in [0, 0.1) is 17.3 Å². The van der Waals surface area contributed by atoms with Crippen LogP contribution in [0.5, 0.6) is 0 Å². The molecule has 0 saturated heterocycles. The summed E-state index contributed by atoms with van der Waals surface area (Å²) in [5.74, 6) is 1.89. The maximum absolute atomic E-state index is 4.09. The minimum atomic E-state index is 0.479. The molecule has 2 aliphatic rings. The molecule has 20 heavy (non-hydrogen) atoms. The second-order valence-corrected chi connectivity index (χ2v) is 8.59. The summed E-state index contributed by atoms with van der Waals surface area (Å²) in [6.07, 6.45) is 14.2. The topological polar surface area (TPSA) is 12.0 Å². The summed E-state index contributed by atoms with van der Waals surface area (Å²) in [5.41, 5.74) is 0.479. The van der Waals surface area contributed by atoms with Gasteiger partial charge in [0.15, 0.2) is 0 Å². The fourth-order valence-corrected chi connectivity index (χ4v) is 4.25. The van der Waals surface area contributed by atoms with Gasteiger partial charge in [0.2, 0.25) is 0 Å². The molecular formula is C19H37N. The third kappa shape index (κ3) is 4.76. The zero-order valence-corrected chi connectivity index (χ0v) is 14.4. The highest BCUT2D eigenvalue weighted by Gasteiger charge is 2.32. The first kappa shape index (κ1) is 16.3. The first-order valence-corrected chi connectivity index (χ1v) is 9.23. The molecule has 2 saturated carbocycles. The Morgan fingerprint density at radius 1 is 0.750 bits per heavy atom. The van der Waals surface area contributed by atoms with Crippen molar-refractivity contribution >= 4 is 0 Å². The van der Waals surface area contributed by atoms with Crippen molar-refractivity contribution in [3.05, 3.63) is 0 Å². The molecule has 2 rings (SSSR count). The Labute approximate surface area is 127 Å². The van der Waals surface area contributed by atoms with Gasteiger partial charge >= 0.3 is 0 Å². The number of hydrogen-bond donors (Lipinski definition) is 1. The highest BCUT2D eigenvalue weighted by Crippen LogP contribution is 2.36. The van der Waals surface area contributed by atoms with Crippen LogP contribution in [-0.2, 0) is 0 Å². The van der Waals surface area contributed by atoms with E-state index >= 15 is 0 Å². The minimum Gasteiger partial charge on any atom is -0.311 e. The van der Waals surface area contributed by atoms with Crippen LogP contribution in [0.2, 0.25) is 0 Å². The highest BCUT2D eigenvalue weighted by atomic mass is 15.0. The van der Waals surface area contributed by atoms with E-state index in [9.17, 15) is 0 Å². The van der Waals surface area contributed by atoms with Crippen LogP contribution in [0.25, 0.3) is 0 Å². The Bertz CT molecular complexity index is 283. The van der Waals surface area contributed by atoms with Gasteiger partial charge in [-0.15, -0.1) is 0 Å². The van der Waals surface area contributed by atoms with Crippen molar-refractivity contribution < 1.29 is 0 Å². The van der Waals surface area contributed by atoms with Gasteiger partial charge in [0, 0.05) is 12.1 Å². The van der Waals surface area contributed by atoms with Gasteiger partial charge in [0.25, 0.3) is 0 Å². The zero-order chi connectivity index (χ0) is 14.6. The maximum Gasteiger partial charge on any atom is 0.0121 e. The van der Waals surface area contributed by atoms with E-state index in [2.05, 4.69) is 33.0 Å². The Morgan fingerprint density at radius 2 is 1.40 bits per heavy atom. The van der Waals surface area contributed by atoms with Crippen LogP contribution < -0.4 is 5.32 Å². The Morgan fingerprint density at radius 3 is 2.15 bits per heavy atom. The van der Waals surface area contributed by atoms with E-state index in [-0.39, 0.29) is 0 Å². The maximum atomic E-state index is 4.09. The molecule has 0 amide bonds. The molecule has 0 aromatic carbocycles. The SMILES string of the molecule is CC1CCCC(N[C@H]2CCCC(C)CCC2(C)C)CC1. The van der Waals surface area contributed by atoms with Crippen LogP contribution in [0.3, 0.4) is 0 Å². The van der Waals surface area contributed by atoms with E-state index in [0.717, 1.165) is 23.9 Å². The molecule has 0 bridgehead atoms. The van der Waals surface area contributed by atoms with E-state index in [1.807, 2.05) is 0 Å². The zero-order valence-electron chi connectivity index (χ0n) is 14.4. The van der Waals surface area contributed by atoms with Gasteiger partial charge in [0.05, 0.1) is 0 Å². The summed E-state index contributed by atoms with van der Waals surface area (Å²) in [7, 11) is 0. The van der Waals surface area contributed by atoms with Crippen molar-refractivity contribution in [1.29, 1.82) is 0 Å². The predicted octanol–water partition coefficient (Wildman–Crippen LogP) is 5.54. The Hall–Kier alpha value is -0.0400. The van der Waals surface area contributed by atoms with Gasteiger partial charge < -0.3 is 5.32 Å². The second kappa shape index (κ2) is 7.29. The van der Waals surface area contributed by atoms with E-state index < -0.39 is 0 Å². The first-order valence-electron chi connectivity index (χ1n) is 9.23. The van der Waals surface area contributed by atoms with E-state index in [1.54, 1.807) is 0 Å². The predicted molar refractivity (Wildman–Crippen MR) is 89.0 cm³/mol. The molecule has 3 unspecified atom stereocenters. The Balaban J connectivity index is 1.91. The molecule has 0 aromatic heterocycles. The minimum absolute atomic E-state index is 0.479. The van der Waals surface area contributed by atoms with Crippen LogP contribution in [0.15, 0.2) is 0 Å². The first-order chi connectivity index (χ1) is 9.47. The van der Waals surface area contributed by atoms with Crippen molar-refractivity contribution in [2.45, 2.75) is 104 Å². The molecule has 2 fully saturated rings. The van der Waals surface area contributed by atoms with Crippen molar-refractivity contribution in [3.8, 4) is 0 Å². The van der Waals surface area contributed by atoms with Gasteiger partial charge in [-0.1, -0.05) is 59.8 Å². The van der Waals surface area contributed by atoms with Gasteiger partial charge in [-0.05, 0) is 49.4 Å². The van der Waals surface area contributed by atoms with Gasteiger partial charge in [0.1, 0.15) is 0 Å². The molecule has 118 valence electrons. The fourth-order valence-electron chi connectivity index (χ4n) is 4.25. The molecule has 4 atom stereocenters. The molecule has 1 nitrogen and oxygen atoms in total. The van der Waals surface area contributed by atoms with Gasteiger partial charge in [-0.3, -0.25) is 0 Å². The lowest BCUT2D eigenvalue weighted by Gasteiger charge is -2.40. The van der Waals surface area contributed by atoms with Crippen molar-refractivity contribution in [1.82, 2.24) is 5.32 Å². The van der Waals surface area contributed by atoms with Crippen molar-refractivity contribution in [2.24, 2.45) is 17.3 Å². The lowest BCUT2D eigenvalue weighted by molar-refractivity contribution is 0.156. The normalized spacial score (nSPS) is 39.6. The van der Waals surface area contributed by atoms with Crippen LogP contribution in [-0.4, -0.2) is 12.1 Å².